The minimum absolute atomic E-state index is 0.0817. The molecule has 2 atom stereocenters. The minimum atomic E-state index is -3.50. The number of likely N-dealkylation sites (tertiary alicyclic amines) is 1. The second-order valence-corrected chi connectivity index (χ2v) is 10.8. The molecule has 1 aliphatic heterocycles. The highest BCUT2D eigenvalue weighted by Gasteiger charge is 2.29. The van der Waals surface area contributed by atoms with Gasteiger partial charge in [0.1, 0.15) is 0 Å². The number of benzene rings is 1. The summed E-state index contributed by atoms with van der Waals surface area (Å²) in [5.74, 6) is 0.951. The molecule has 0 N–H and O–H groups in total. The lowest BCUT2D eigenvalue weighted by Crippen LogP contribution is -2.48. The zero-order chi connectivity index (χ0) is 22.6. The van der Waals surface area contributed by atoms with Gasteiger partial charge in [-0.05, 0) is 52.2 Å². The van der Waals surface area contributed by atoms with Crippen molar-refractivity contribution in [2.75, 3.05) is 16.3 Å². The first-order valence-corrected chi connectivity index (χ1v) is 13.4. The van der Waals surface area contributed by atoms with E-state index in [1.54, 1.807) is 24.3 Å². The van der Waals surface area contributed by atoms with Gasteiger partial charge < -0.3 is 9.47 Å². The van der Waals surface area contributed by atoms with Gasteiger partial charge >= 0.3 is 0 Å². The highest BCUT2D eigenvalue weighted by molar-refractivity contribution is 7.99. The first-order chi connectivity index (χ1) is 14.7. The van der Waals surface area contributed by atoms with Crippen LogP contribution in [-0.4, -0.2) is 58.1 Å². The number of aromatic nitrogens is 3. The molecule has 31 heavy (non-hydrogen) atoms. The summed E-state index contributed by atoms with van der Waals surface area (Å²) < 4.78 is 28.0. The summed E-state index contributed by atoms with van der Waals surface area (Å²) in [6, 6.07) is 9.46. The van der Waals surface area contributed by atoms with Crippen LogP contribution in [0.3, 0.4) is 0 Å². The number of anilines is 1. The molecular weight excluding hydrogens is 434 g/mol. The maximum atomic E-state index is 12.9. The first-order valence-electron chi connectivity index (χ1n) is 10.6. The number of nitrogens with zero attached hydrogens (tertiary/aromatic N) is 5. The van der Waals surface area contributed by atoms with E-state index in [0.717, 1.165) is 19.3 Å². The van der Waals surface area contributed by atoms with Crippen molar-refractivity contribution in [3.63, 3.8) is 0 Å². The number of thioether (sulfide) groups is 1. The molecular formula is C21H31N5O3S2. The second kappa shape index (κ2) is 10.0. The molecule has 8 nitrogen and oxygen atoms in total. The number of hydrogen-bond donors (Lipinski definition) is 0. The predicted octanol–water partition coefficient (Wildman–Crippen LogP) is 3.15. The van der Waals surface area contributed by atoms with Crippen LogP contribution in [0.1, 0.15) is 45.9 Å². The molecule has 170 valence electrons. The number of carbonyl (C=O) groups excluding carboxylic acids is 1. The predicted molar refractivity (Wildman–Crippen MR) is 124 cm³/mol. The highest BCUT2D eigenvalue weighted by Crippen LogP contribution is 2.26. The van der Waals surface area contributed by atoms with E-state index in [1.807, 2.05) is 22.5 Å². The summed E-state index contributed by atoms with van der Waals surface area (Å²) in [4.78, 5) is 14.8. The van der Waals surface area contributed by atoms with Gasteiger partial charge in [0.25, 0.3) is 0 Å². The summed E-state index contributed by atoms with van der Waals surface area (Å²) in [5.41, 5.74) is 0.577. The number of para-hydroxylation sites is 1. The van der Waals surface area contributed by atoms with E-state index in [9.17, 15) is 13.2 Å². The number of piperidine rings is 1. The SMILES string of the molecule is CCn1c(CN(c2ccccc2)S(C)(=O)=O)nnc1SCC(=O)N1[C@H](C)CCC[C@H]1C. The molecule has 3 rings (SSSR count). The zero-order valence-corrected chi connectivity index (χ0v) is 20.2. The Hall–Kier alpha value is -2.07. The fourth-order valence-electron chi connectivity index (χ4n) is 4.10. The van der Waals surface area contributed by atoms with Crippen molar-refractivity contribution >= 4 is 33.4 Å². The van der Waals surface area contributed by atoms with Crippen LogP contribution in [0, 0.1) is 0 Å². The average molecular weight is 466 g/mol. The number of sulfonamides is 1. The van der Waals surface area contributed by atoms with Crippen LogP contribution in [0.15, 0.2) is 35.5 Å². The third-order valence-corrected chi connectivity index (χ3v) is 7.74. The van der Waals surface area contributed by atoms with E-state index in [-0.39, 0.29) is 24.5 Å². The van der Waals surface area contributed by atoms with Crippen molar-refractivity contribution in [2.24, 2.45) is 0 Å². The van der Waals surface area contributed by atoms with Crippen LogP contribution in [0.2, 0.25) is 0 Å². The Kier molecular flexibility index (Phi) is 7.64. The lowest BCUT2D eigenvalue weighted by Gasteiger charge is -2.39. The Balaban J connectivity index is 1.75. The van der Waals surface area contributed by atoms with Crippen LogP contribution in [0.5, 0.6) is 0 Å². The summed E-state index contributed by atoms with van der Waals surface area (Å²) >= 11 is 1.36. The van der Waals surface area contributed by atoms with Crippen LogP contribution >= 0.6 is 11.8 Å². The number of amides is 1. The van der Waals surface area contributed by atoms with E-state index < -0.39 is 10.0 Å². The van der Waals surface area contributed by atoms with Crippen molar-refractivity contribution in [1.29, 1.82) is 0 Å². The normalized spacial score (nSPS) is 19.4. The standard InChI is InChI=1S/C21H31N5O3S2/c1-5-24-19(14-25(31(4,28)29)18-12-7-6-8-13-18)22-23-21(24)30-15-20(27)26-16(2)10-9-11-17(26)3/h6-8,12-13,16-17H,5,9-11,14-15H2,1-4H3/t16-,17-/m1/s1. The summed E-state index contributed by atoms with van der Waals surface area (Å²) in [6.45, 7) is 6.84. The molecule has 10 heteroatoms. The Morgan fingerprint density at radius 1 is 1.16 bits per heavy atom. The molecule has 1 aromatic carbocycles. The van der Waals surface area contributed by atoms with Crippen molar-refractivity contribution in [3.8, 4) is 0 Å². The first kappa shape index (κ1) is 23.6. The molecule has 0 bridgehead atoms. The van der Waals surface area contributed by atoms with Gasteiger partial charge in [-0.1, -0.05) is 30.0 Å². The molecule has 0 radical (unpaired) electrons. The Bertz CT molecular complexity index is 984. The van der Waals surface area contributed by atoms with Gasteiger partial charge in [0, 0.05) is 18.6 Å². The summed E-state index contributed by atoms with van der Waals surface area (Å²) in [5, 5.41) is 9.13. The van der Waals surface area contributed by atoms with Gasteiger partial charge in [-0.2, -0.15) is 0 Å². The van der Waals surface area contributed by atoms with E-state index in [2.05, 4.69) is 24.0 Å². The Morgan fingerprint density at radius 3 is 2.39 bits per heavy atom. The van der Waals surface area contributed by atoms with E-state index in [4.69, 9.17) is 0 Å². The lowest BCUT2D eigenvalue weighted by molar-refractivity contribution is -0.134. The van der Waals surface area contributed by atoms with Crippen molar-refractivity contribution in [2.45, 2.75) is 70.4 Å². The monoisotopic (exact) mass is 465 g/mol. The van der Waals surface area contributed by atoms with E-state index >= 15 is 0 Å². The van der Waals surface area contributed by atoms with E-state index in [0.29, 0.717) is 29.0 Å². The third kappa shape index (κ3) is 5.60. The fourth-order valence-corrected chi connectivity index (χ4v) is 5.84. The molecule has 1 saturated heterocycles. The van der Waals surface area contributed by atoms with E-state index in [1.165, 1.54) is 22.3 Å². The number of hydrogen-bond acceptors (Lipinski definition) is 6. The zero-order valence-electron chi connectivity index (χ0n) is 18.6. The Labute approximate surface area is 189 Å². The molecule has 1 amide bonds. The molecule has 1 aliphatic rings. The van der Waals surface area contributed by atoms with Crippen LogP contribution in [-0.2, 0) is 27.9 Å². The van der Waals surface area contributed by atoms with Gasteiger partial charge in [-0.25, -0.2) is 8.42 Å². The van der Waals surface area contributed by atoms with Gasteiger partial charge in [0.15, 0.2) is 11.0 Å². The molecule has 2 heterocycles. The molecule has 0 unspecified atom stereocenters. The van der Waals surface area contributed by atoms with Crippen LogP contribution in [0.4, 0.5) is 5.69 Å². The quantitative estimate of drug-likeness (QED) is 0.557. The van der Waals surface area contributed by atoms with Crippen molar-refractivity contribution in [3.05, 3.63) is 36.2 Å². The fraction of sp³-hybridized carbons (Fsp3) is 0.571. The summed E-state index contributed by atoms with van der Waals surface area (Å²) in [7, 11) is -3.50. The minimum Gasteiger partial charge on any atom is -0.337 e. The maximum Gasteiger partial charge on any atom is 0.233 e. The molecule has 0 spiro atoms. The highest BCUT2D eigenvalue weighted by atomic mass is 32.2. The van der Waals surface area contributed by atoms with Gasteiger partial charge in [-0.15, -0.1) is 10.2 Å². The number of rotatable bonds is 8. The average Bonchev–Trinajstić information content (AvgIpc) is 3.11. The smallest absolute Gasteiger partial charge is 0.233 e. The summed E-state index contributed by atoms with van der Waals surface area (Å²) in [6.07, 6.45) is 4.42. The van der Waals surface area contributed by atoms with Crippen LogP contribution in [0.25, 0.3) is 0 Å². The maximum absolute atomic E-state index is 12.9. The molecule has 0 saturated carbocycles. The molecule has 1 aromatic heterocycles. The van der Waals surface area contributed by atoms with Gasteiger partial charge in [-0.3, -0.25) is 9.10 Å². The molecule has 2 aromatic rings. The molecule has 1 fully saturated rings. The molecule has 0 aliphatic carbocycles. The van der Waals surface area contributed by atoms with Gasteiger partial charge in [0.2, 0.25) is 15.9 Å². The Morgan fingerprint density at radius 2 is 1.81 bits per heavy atom. The van der Waals surface area contributed by atoms with Crippen molar-refractivity contribution in [1.82, 2.24) is 19.7 Å². The van der Waals surface area contributed by atoms with Crippen molar-refractivity contribution < 1.29 is 13.2 Å². The van der Waals surface area contributed by atoms with Crippen LogP contribution < -0.4 is 4.31 Å². The van der Waals surface area contributed by atoms with Gasteiger partial charge in [0.05, 0.1) is 24.2 Å². The number of carbonyl (C=O) groups is 1. The third-order valence-electron chi connectivity index (χ3n) is 5.65. The lowest BCUT2D eigenvalue weighted by atomic mass is 9.98. The second-order valence-electron chi connectivity index (χ2n) is 7.97. The topological polar surface area (TPSA) is 88.4 Å². The largest absolute Gasteiger partial charge is 0.337 e.